The zero-order chi connectivity index (χ0) is 24.0. The van der Waals surface area contributed by atoms with Crippen LogP contribution >= 0.6 is 0 Å². The highest BCUT2D eigenvalue weighted by molar-refractivity contribution is 7.91. The minimum Gasteiger partial charge on any atom is -0.497 e. The second kappa shape index (κ2) is 10.8. The van der Waals surface area contributed by atoms with Crippen LogP contribution in [0.2, 0.25) is 0 Å². The van der Waals surface area contributed by atoms with Gasteiger partial charge in [-0.1, -0.05) is 12.1 Å². The van der Waals surface area contributed by atoms with Crippen molar-refractivity contribution in [2.45, 2.75) is 39.0 Å². The molecule has 0 aromatic heterocycles. The lowest BCUT2D eigenvalue weighted by Crippen LogP contribution is -2.41. The van der Waals surface area contributed by atoms with Crippen molar-refractivity contribution in [1.82, 2.24) is 4.90 Å². The summed E-state index contributed by atoms with van der Waals surface area (Å²) in [7, 11) is -1.50. The molecule has 0 bridgehead atoms. The number of rotatable bonds is 9. The molecule has 1 amide bonds. The lowest BCUT2D eigenvalue weighted by molar-refractivity contribution is -0.117. The highest BCUT2D eigenvalue weighted by Crippen LogP contribution is 2.21. The zero-order valence-corrected chi connectivity index (χ0v) is 19.9. The molecule has 33 heavy (non-hydrogen) atoms. The Bertz CT molecular complexity index is 1070. The molecule has 1 aliphatic rings. The van der Waals surface area contributed by atoms with E-state index in [9.17, 15) is 18.0 Å². The van der Waals surface area contributed by atoms with Gasteiger partial charge in [0.05, 0.1) is 36.8 Å². The fourth-order valence-corrected chi connectivity index (χ4v) is 5.46. The quantitative estimate of drug-likeness (QED) is 0.558. The summed E-state index contributed by atoms with van der Waals surface area (Å²) in [5.74, 6) is 0.226. The number of carbonyl (C=O) groups is 2. The third-order valence-corrected chi connectivity index (χ3v) is 7.11. The van der Waals surface area contributed by atoms with Crippen LogP contribution in [0, 0.1) is 0 Å². The number of methoxy groups -OCH3 is 1. The minimum atomic E-state index is -3.10. The first-order chi connectivity index (χ1) is 15.6. The van der Waals surface area contributed by atoms with Gasteiger partial charge >= 0.3 is 5.97 Å². The lowest BCUT2D eigenvalue weighted by Gasteiger charge is -2.27. The normalized spacial score (nSPS) is 17.2. The van der Waals surface area contributed by atoms with Gasteiger partial charge in [0, 0.05) is 18.3 Å². The van der Waals surface area contributed by atoms with Crippen LogP contribution in [0.3, 0.4) is 0 Å². The maximum Gasteiger partial charge on any atom is 0.338 e. The molecule has 3 rings (SSSR count). The Hall–Kier alpha value is -2.91. The number of nitrogens with one attached hydrogen (secondary N) is 1. The van der Waals surface area contributed by atoms with E-state index in [1.165, 1.54) is 0 Å². The Kier molecular flexibility index (Phi) is 8.10. The zero-order valence-electron chi connectivity index (χ0n) is 19.1. The molecule has 0 spiro atoms. The summed E-state index contributed by atoms with van der Waals surface area (Å²) in [5.41, 5.74) is 1.91. The number of hydrogen-bond donors (Lipinski definition) is 1. The molecule has 8 nitrogen and oxygen atoms in total. The molecule has 1 fully saturated rings. The topological polar surface area (TPSA) is 102 Å². The predicted molar refractivity (Wildman–Crippen MR) is 126 cm³/mol. The Labute approximate surface area is 194 Å². The molecule has 9 heteroatoms. The van der Waals surface area contributed by atoms with Crippen LogP contribution in [-0.4, -0.2) is 62.5 Å². The van der Waals surface area contributed by atoms with Crippen molar-refractivity contribution in [2.24, 2.45) is 0 Å². The Balaban J connectivity index is 1.67. The largest absolute Gasteiger partial charge is 0.497 e. The Morgan fingerprint density at radius 3 is 2.30 bits per heavy atom. The van der Waals surface area contributed by atoms with E-state index < -0.39 is 15.8 Å². The fourth-order valence-electron chi connectivity index (χ4n) is 3.70. The molecule has 2 aromatic rings. The van der Waals surface area contributed by atoms with E-state index in [1.54, 1.807) is 45.2 Å². The van der Waals surface area contributed by atoms with E-state index in [2.05, 4.69) is 5.32 Å². The number of anilines is 1. The number of esters is 1. The average Bonchev–Trinajstić information content (AvgIpc) is 3.13. The van der Waals surface area contributed by atoms with Gasteiger partial charge < -0.3 is 14.8 Å². The summed E-state index contributed by atoms with van der Waals surface area (Å²) in [4.78, 5) is 26.7. The van der Waals surface area contributed by atoms with E-state index in [4.69, 9.17) is 9.47 Å². The summed E-state index contributed by atoms with van der Waals surface area (Å²) >= 11 is 0. The molecule has 0 aliphatic carbocycles. The van der Waals surface area contributed by atoms with Gasteiger partial charge in [-0.25, -0.2) is 13.2 Å². The Morgan fingerprint density at radius 2 is 1.76 bits per heavy atom. The molecule has 1 aliphatic heterocycles. The van der Waals surface area contributed by atoms with Crippen LogP contribution in [0.5, 0.6) is 5.75 Å². The molecule has 1 heterocycles. The van der Waals surface area contributed by atoms with Crippen molar-refractivity contribution >= 4 is 27.4 Å². The minimum absolute atomic E-state index is 0.0447. The van der Waals surface area contributed by atoms with Crippen LogP contribution < -0.4 is 10.1 Å². The van der Waals surface area contributed by atoms with Gasteiger partial charge in [0.2, 0.25) is 5.91 Å². The van der Waals surface area contributed by atoms with Crippen molar-refractivity contribution < 1.29 is 27.5 Å². The van der Waals surface area contributed by atoms with E-state index in [0.717, 1.165) is 11.3 Å². The van der Waals surface area contributed by atoms with Crippen molar-refractivity contribution in [3.8, 4) is 5.75 Å². The molecular weight excluding hydrogens is 444 g/mol. The molecule has 0 radical (unpaired) electrons. The summed E-state index contributed by atoms with van der Waals surface area (Å²) in [6.45, 7) is 4.04. The van der Waals surface area contributed by atoms with Crippen molar-refractivity contribution in [1.29, 1.82) is 0 Å². The smallest absolute Gasteiger partial charge is 0.338 e. The number of benzene rings is 2. The van der Waals surface area contributed by atoms with Crippen LogP contribution in [0.25, 0.3) is 0 Å². The molecule has 1 N–H and O–H groups in total. The third-order valence-electron chi connectivity index (χ3n) is 5.36. The van der Waals surface area contributed by atoms with Crippen LogP contribution in [0.1, 0.15) is 36.2 Å². The average molecular weight is 475 g/mol. The SMILES string of the molecule is COc1ccc(CN(CC(=O)Nc2ccc(C(=O)OC(C)C)cc2)[C@@H]2CCS(=O)(=O)C2)cc1. The van der Waals surface area contributed by atoms with E-state index in [1.807, 2.05) is 29.2 Å². The van der Waals surface area contributed by atoms with Crippen molar-refractivity contribution in [3.63, 3.8) is 0 Å². The lowest BCUT2D eigenvalue weighted by atomic mass is 10.1. The molecule has 178 valence electrons. The van der Waals surface area contributed by atoms with Gasteiger partial charge in [-0.05, 0) is 62.2 Å². The van der Waals surface area contributed by atoms with Crippen LogP contribution in [0.15, 0.2) is 48.5 Å². The summed E-state index contributed by atoms with van der Waals surface area (Å²) < 4.78 is 34.4. The second-order valence-electron chi connectivity index (χ2n) is 8.39. The van der Waals surface area contributed by atoms with Gasteiger partial charge in [-0.15, -0.1) is 0 Å². The molecule has 1 atom stereocenters. The molecular formula is C24H30N2O6S. The van der Waals surface area contributed by atoms with Gasteiger partial charge in [0.25, 0.3) is 0 Å². The van der Waals surface area contributed by atoms with E-state index in [-0.39, 0.29) is 36.1 Å². The standard InChI is InChI=1S/C24H30N2O6S/c1-17(2)32-24(28)19-6-8-20(9-7-19)25-23(27)15-26(21-12-13-33(29,30)16-21)14-18-4-10-22(31-3)11-5-18/h4-11,17,21H,12-16H2,1-3H3,(H,25,27)/t21-/m1/s1. The highest BCUT2D eigenvalue weighted by atomic mass is 32.2. The first kappa shape index (κ1) is 24.7. The predicted octanol–water partition coefficient (Wildman–Crippen LogP) is 2.89. The number of hydrogen-bond acceptors (Lipinski definition) is 7. The summed E-state index contributed by atoms with van der Waals surface area (Å²) in [6, 6.07) is 13.7. The first-order valence-corrected chi connectivity index (χ1v) is 12.7. The monoisotopic (exact) mass is 474 g/mol. The molecule has 0 unspecified atom stereocenters. The molecule has 2 aromatic carbocycles. The maximum atomic E-state index is 12.8. The first-order valence-electron chi connectivity index (χ1n) is 10.8. The summed E-state index contributed by atoms with van der Waals surface area (Å²) in [6.07, 6.45) is 0.284. The number of amides is 1. The molecule has 1 saturated heterocycles. The second-order valence-corrected chi connectivity index (χ2v) is 10.6. The van der Waals surface area contributed by atoms with Crippen molar-refractivity contribution in [3.05, 3.63) is 59.7 Å². The van der Waals surface area contributed by atoms with Crippen molar-refractivity contribution in [2.75, 3.05) is 30.5 Å². The number of sulfone groups is 1. The van der Waals surface area contributed by atoms with E-state index >= 15 is 0 Å². The fraction of sp³-hybridized carbons (Fsp3) is 0.417. The van der Waals surface area contributed by atoms with Gasteiger partial charge in [-0.2, -0.15) is 0 Å². The van der Waals surface area contributed by atoms with E-state index in [0.29, 0.717) is 24.2 Å². The number of ether oxygens (including phenoxy) is 2. The van der Waals surface area contributed by atoms with Crippen LogP contribution in [0.4, 0.5) is 5.69 Å². The van der Waals surface area contributed by atoms with Gasteiger partial charge in [-0.3, -0.25) is 9.69 Å². The third kappa shape index (κ3) is 7.30. The number of carbonyl (C=O) groups excluding carboxylic acids is 2. The van der Waals surface area contributed by atoms with Gasteiger partial charge in [0.1, 0.15) is 5.75 Å². The maximum absolute atomic E-state index is 12.8. The molecule has 0 saturated carbocycles. The Morgan fingerprint density at radius 1 is 1.09 bits per heavy atom. The number of nitrogens with zero attached hydrogens (tertiary/aromatic N) is 1. The van der Waals surface area contributed by atoms with Gasteiger partial charge in [0.15, 0.2) is 9.84 Å². The van der Waals surface area contributed by atoms with Crippen LogP contribution in [-0.2, 0) is 25.9 Å². The summed E-state index contributed by atoms with van der Waals surface area (Å²) in [5, 5.41) is 2.83. The highest BCUT2D eigenvalue weighted by Gasteiger charge is 2.33.